The van der Waals surface area contributed by atoms with Crippen LogP contribution in [0.5, 0.6) is 5.75 Å². The molecule has 0 bridgehead atoms. The summed E-state index contributed by atoms with van der Waals surface area (Å²) in [5, 5.41) is 20.9. The van der Waals surface area contributed by atoms with E-state index < -0.39 is 0 Å². The van der Waals surface area contributed by atoms with E-state index >= 15 is 0 Å². The van der Waals surface area contributed by atoms with E-state index in [1.165, 1.54) is 0 Å². The number of rotatable bonds is 8. The van der Waals surface area contributed by atoms with Crippen LogP contribution in [0.1, 0.15) is 24.9 Å². The normalized spacial score (nSPS) is 23.0. The molecule has 8 heteroatoms. The quantitative estimate of drug-likeness (QED) is 0.476. The van der Waals surface area contributed by atoms with E-state index in [1.807, 2.05) is 48.6 Å². The minimum absolute atomic E-state index is 0.00737. The second-order valence-electron chi connectivity index (χ2n) is 9.36. The Morgan fingerprint density at radius 3 is 2.64 bits per heavy atom. The highest BCUT2D eigenvalue weighted by Crippen LogP contribution is 2.41. The van der Waals surface area contributed by atoms with Crippen molar-refractivity contribution in [3.8, 4) is 11.8 Å². The molecule has 36 heavy (non-hydrogen) atoms. The van der Waals surface area contributed by atoms with Crippen LogP contribution in [-0.2, 0) is 4.79 Å². The monoisotopic (exact) mass is 525 g/mol. The number of hydrogen-bond donors (Lipinski definition) is 1. The molecule has 4 rings (SSSR count). The number of aliphatic hydroxyl groups excluding tert-OH is 1. The van der Waals surface area contributed by atoms with E-state index in [2.05, 4.69) is 28.9 Å². The number of piperazine rings is 1. The van der Waals surface area contributed by atoms with Crippen molar-refractivity contribution in [1.82, 2.24) is 4.90 Å². The number of anilines is 1. The van der Waals surface area contributed by atoms with Gasteiger partial charge in [0.2, 0.25) is 0 Å². The zero-order chi connectivity index (χ0) is 25.7. The average molecular weight is 526 g/mol. The maximum absolute atomic E-state index is 10.7. The fourth-order valence-electron chi connectivity index (χ4n) is 5.10. The molecule has 1 N–H and O–H groups in total. The van der Waals surface area contributed by atoms with Gasteiger partial charge in [0.1, 0.15) is 12.4 Å². The molecule has 3 atom stereocenters. The second-order valence-corrected chi connectivity index (χ2v) is 10.2. The van der Waals surface area contributed by atoms with Gasteiger partial charge in [-0.25, -0.2) is 0 Å². The first kappa shape index (κ1) is 26.2. The van der Waals surface area contributed by atoms with Crippen LogP contribution in [0.25, 0.3) is 0 Å². The lowest BCUT2D eigenvalue weighted by molar-refractivity contribution is -0.109. The molecule has 1 aliphatic carbocycles. The van der Waals surface area contributed by atoms with Gasteiger partial charge in [0, 0.05) is 47.8 Å². The molecule has 2 aromatic rings. The molecule has 0 radical (unpaired) electrons. The van der Waals surface area contributed by atoms with Crippen LogP contribution < -0.4 is 9.64 Å². The van der Waals surface area contributed by atoms with Crippen molar-refractivity contribution in [1.29, 1.82) is 5.26 Å². The average Bonchev–Trinajstić information content (AvgIpc) is 2.89. The molecule has 1 heterocycles. The number of allylic oxidation sites excluding steroid dienone is 3. The van der Waals surface area contributed by atoms with Crippen molar-refractivity contribution >= 4 is 35.2 Å². The summed E-state index contributed by atoms with van der Waals surface area (Å²) in [5.41, 5.74) is 2.33. The largest absolute Gasteiger partial charge is 0.486 e. The van der Waals surface area contributed by atoms with Crippen molar-refractivity contribution in [2.24, 2.45) is 5.41 Å². The van der Waals surface area contributed by atoms with Crippen molar-refractivity contribution in [2.45, 2.75) is 25.4 Å². The smallest absolute Gasteiger partial charge is 0.157 e. The number of ether oxygens (including phenoxy) is 1. The second kappa shape index (κ2) is 11.5. The summed E-state index contributed by atoms with van der Waals surface area (Å²) < 4.78 is 5.41. The highest BCUT2D eigenvalue weighted by atomic mass is 35.5. The molecule has 1 unspecified atom stereocenters. The summed E-state index contributed by atoms with van der Waals surface area (Å²) in [5.74, 6) is 0.541. The van der Waals surface area contributed by atoms with E-state index in [4.69, 9.17) is 27.9 Å². The number of carbonyl (C=O) groups is 1. The third-order valence-electron chi connectivity index (χ3n) is 7.12. The lowest BCUT2D eigenvalue weighted by Gasteiger charge is -2.49. The van der Waals surface area contributed by atoms with Crippen molar-refractivity contribution < 1.29 is 14.6 Å². The predicted octanol–water partition coefficient (Wildman–Crippen LogP) is 5.21. The topological polar surface area (TPSA) is 76.8 Å². The molecule has 6 nitrogen and oxygen atoms in total. The molecule has 0 aromatic heterocycles. The van der Waals surface area contributed by atoms with E-state index in [0.29, 0.717) is 47.2 Å². The summed E-state index contributed by atoms with van der Waals surface area (Å²) in [6.45, 7) is 4.21. The molecule has 0 spiro atoms. The number of carbonyl (C=O) groups excluding carboxylic acids is 1. The number of aldehydes is 1. The van der Waals surface area contributed by atoms with Crippen LogP contribution in [0.15, 0.2) is 66.3 Å². The highest BCUT2D eigenvalue weighted by Gasteiger charge is 2.40. The Kier molecular flexibility index (Phi) is 8.38. The summed E-state index contributed by atoms with van der Waals surface area (Å²) in [6, 6.07) is 15.3. The Balaban J connectivity index is 1.64. The molecule has 2 aromatic carbocycles. The first-order chi connectivity index (χ1) is 17.4. The Bertz CT molecular complexity index is 1190. The van der Waals surface area contributed by atoms with Crippen LogP contribution >= 0.6 is 23.2 Å². The lowest BCUT2D eigenvalue weighted by atomic mass is 9.75. The number of nitriles is 1. The van der Waals surface area contributed by atoms with Gasteiger partial charge in [-0.15, -0.1) is 0 Å². The molecular formula is C28H29Cl2N3O3. The Morgan fingerprint density at radius 2 is 2.03 bits per heavy atom. The highest BCUT2D eigenvalue weighted by molar-refractivity contribution is 6.33. The number of halogens is 2. The molecule has 1 fully saturated rings. The van der Waals surface area contributed by atoms with Crippen molar-refractivity contribution in [3.05, 3.63) is 81.9 Å². The van der Waals surface area contributed by atoms with E-state index in [-0.39, 0.29) is 30.7 Å². The summed E-state index contributed by atoms with van der Waals surface area (Å²) >= 11 is 12.9. The van der Waals surface area contributed by atoms with Gasteiger partial charge < -0.3 is 14.7 Å². The fraction of sp³-hybridized carbons (Fsp3) is 0.357. The molecule has 1 aliphatic heterocycles. The van der Waals surface area contributed by atoms with Crippen LogP contribution in [0.3, 0.4) is 0 Å². The molecule has 0 saturated carbocycles. The van der Waals surface area contributed by atoms with Gasteiger partial charge in [0.25, 0.3) is 0 Å². The summed E-state index contributed by atoms with van der Waals surface area (Å²) in [7, 11) is 0. The van der Waals surface area contributed by atoms with Gasteiger partial charge in [0.05, 0.1) is 29.4 Å². The van der Waals surface area contributed by atoms with Gasteiger partial charge in [-0.05, 0) is 42.3 Å². The van der Waals surface area contributed by atoms with E-state index in [0.717, 1.165) is 17.8 Å². The maximum atomic E-state index is 10.7. The molecule has 2 aliphatic rings. The standard InChI is InChI=1S/C28H29Cl2N3O3/c1-28(10-8-20(17-31)9-11-28)27(19-35)32-12-13-33(26(18-32)21-2-4-22(29)5-3-21)25-7-6-23(16-24(25)30)36-15-14-34/h2-10,14,16,26-27,35H,11-13,15,18-19H2,1H3/t26-,27+,28?/m0/s1. The SMILES string of the molecule is CC1([C@@H](CO)N2CCN(c3ccc(OCC=O)cc3Cl)[C@H](c3ccc(Cl)cc3)C2)C=CC(C#N)=CC1. The minimum atomic E-state index is -0.295. The maximum Gasteiger partial charge on any atom is 0.157 e. The summed E-state index contributed by atoms with van der Waals surface area (Å²) in [6.07, 6.45) is 7.26. The van der Waals surface area contributed by atoms with Gasteiger partial charge in [-0.1, -0.05) is 54.4 Å². The third kappa shape index (κ3) is 5.61. The van der Waals surface area contributed by atoms with Crippen molar-refractivity contribution in [3.63, 3.8) is 0 Å². The number of benzene rings is 2. The predicted molar refractivity (Wildman–Crippen MR) is 143 cm³/mol. The number of hydrogen-bond acceptors (Lipinski definition) is 6. The van der Waals surface area contributed by atoms with E-state index in [9.17, 15) is 15.2 Å². The van der Waals surface area contributed by atoms with Gasteiger partial charge in [-0.2, -0.15) is 5.26 Å². The summed E-state index contributed by atoms with van der Waals surface area (Å²) in [4.78, 5) is 15.3. The van der Waals surface area contributed by atoms with Gasteiger partial charge in [-0.3, -0.25) is 9.69 Å². The molecule has 188 valence electrons. The minimum Gasteiger partial charge on any atom is -0.486 e. The van der Waals surface area contributed by atoms with Crippen LogP contribution in [0.4, 0.5) is 5.69 Å². The first-order valence-electron chi connectivity index (χ1n) is 11.9. The molecule has 1 saturated heterocycles. The fourth-order valence-corrected chi connectivity index (χ4v) is 5.51. The third-order valence-corrected chi connectivity index (χ3v) is 7.68. The Labute approximate surface area is 222 Å². The zero-order valence-corrected chi connectivity index (χ0v) is 21.6. The Morgan fingerprint density at radius 1 is 1.25 bits per heavy atom. The van der Waals surface area contributed by atoms with Crippen molar-refractivity contribution in [2.75, 3.05) is 37.7 Å². The first-order valence-corrected chi connectivity index (χ1v) is 12.7. The van der Waals surface area contributed by atoms with Crippen LogP contribution in [0.2, 0.25) is 10.0 Å². The molecule has 0 amide bonds. The van der Waals surface area contributed by atoms with Crippen LogP contribution in [0, 0.1) is 16.7 Å². The van der Waals surface area contributed by atoms with Gasteiger partial charge in [0.15, 0.2) is 6.29 Å². The van der Waals surface area contributed by atoms with Gasteiger partial charge >= 0.3 is 0 Å². The number of nitrogens with zero attached hydrogens (tertiary/aromatic N) is 3. The van der Waals surface area contributed by atoms with Crippen LogP contribution in [-0.4, -0.2) is 55.2 Å². The molecular weight excluding hydrogens is 497 g/mol. The Hall–Kier alpha value is -2.82. The number of aliphatic hydroxyl groups is 1. The lowest BCUT2D eigenvalue weighted by Crippen LogP contribution is -2.57. The zero-order valence-electron chi connectivity index (χ0n) is 20.1. The van der Waals surface area contributed by atoms with E-state index in [1.54, 1.807) is 6.07 Å².